The number of ether oxygens (including phenoxy) is 2. The third-order valence-electron chi connectivity index (χ3n) is 5.18. The monoisotopic (exact) mass is 290 g/mol. The molecule has 2 saturated heterocycles. The van der Waals surface area contributed by atoms with Gasteiger partial charge in [-0.05, 0) is 37.2 Å². The minimum Gasteiger partial charge on any atom is -0.381 e. The maximum Gasteiger partial charge on any atom is 0.0510 e. The summed E-state index contributed by atoms with van der Waals surface area (Å²) in [5.41, 5.74) is 4.58. The first-order valence-electron chi connectivity index (χ1n) is 8.04. The number of hydrazine groups is 1. The van der Waals surface area contributed by atoms with Crippen LogP contribution in [0.25, 0.3) is 0 Å². The Kier molecular flexibility index (Phi) is 4.91. The Balaban J connectivity index is 1.93. The highest BCUT2D eigenvalue weighted by atomic mass is 16.5. The molecule has 0 amide bonds. The summed E-state index contributed by atoms with van der Waals surface area (Å²) in [5.74, 6) is 6.48. The summed E-state index contributed by atoms with van der Waals surface area (Å²) in [4.78, 5) is 0. The van der Waals surface area contributed by atoms with Gasteiger partial charge in [0.1, 0.15) is 0 Å². The van der Waals surface area contributed by atoms with E-state index in [4.69, 9.17) is 15.3 Å². The van der Waals surface area contributed by atoms with E-state index in [0.717, 1.165) is 45.7 Å². The number of nitrogens with two attached hydrogens (primary N) is 1. The minimum atomic E-state index is 0.0552. The second-order valence-electron chi connectivity index (χ2n) is 6.26. The molecule has 4 heteroatoms. The molecule has 2 unspecified atom stereocenters. The first-order chi connectivity index (χ1) is 10.4. The van der Waals surface area contributed by atoms with E-state index in [-0.39, 0.29) is 11.5 Å². The molecule has 1 aromatic rings. The summed E-state index contributed by atoms with van der Waals surface area (Å²) >= 11 is 0. The predicted molar refractivity (Wildman–Crippen MR) is 82.8 cm³/mol. The molecule has 0 spiro atoms. The van der Waals surface area contributed by atoms with Crippen molar-refractivity contribution in [2.45, 2.75) is 37.1 Å². The molecule has 3 rings (SSSR count). The minimum absolute atomic E-state index is 0.0552. The van der Waals surface area contributed by atoms with Gasteiger partial charge >= 0.3 is 0 Å². The van der Waals surface area contributed by atoms with Gasteiger partial charge in [0.15, 0.2) is 0 Å². The highest BCUT2D eigenvalue weighted by Crippen LogP contribution is 2.41. The van der Waals surface area contributed by atoms with Crippen LogP contribution in [0.1, 0.15) is 31.2 Å². The molecule has 0 radical (unpaired) electrons. The van der Waals surface area contributed by atoms with E-state index in [0.29, 0.717) is 5.92 Å². The molecule has 4 nitrogen and oxygen atoms in total. The quantitative estimate of drug-likeness (QED) is 0.658. The Labute approximate surface area is 127 Å². The number of rotatable bonds is 4. The average molecular weight is 290 g/mol. The maximum absolute atomic E-state index is 6.01. The number of nitrogens with one attached hydrogen (secondary N) is 1. The fraction of sp³-hybridized carbons (Fsp3) is 0.647. The second kappa shape index (κ2) is 6.88. The fourth-order valence-corrected chi connectivity index (χ4v) is 4.06. The highest BCUT2D eigenvalue weighted by molar-refractivity contribution is 5.29. The lowest BCUT2D eigenvalue weighted by Crippen LogP contribution is -2.58. The van der Waals surface area contributed by atoms with Crippen LogP contribution in [0.5, 0.6) is 0 Å². The summed E-state index contributed by atoms with van der Waals surface area (Å²) in [6.45, 7) is 3.31. The molecule has 0 saturated carbocycles. The van der Waals surface area contributed by atoms with Crippen LogP contribution < -0.4 is 11.3 Å². The van der Waals surface area contributed by atoms with E-state index in [9.17, 15) is 0 Å². The van der Waals surface area contributed by atoms with Gasteiger partial charge in [-0.2, -0.15) is 0 Å². The van der Waals surface area contributed by atoms with Crippen molar-refractivity contribution in [2.24, 2.45) is 11.8 Å². The van der Waals surface area contributed by atoms with Crippen LogP contribution in [-0.4, -0.2) is 32.5 Å². The molecular formula is C17H26N2O2. The smallest absolute Gasteiger partial charge is 0.0510 e. The van der Waals surface area contributed by atoms with Crippen molar-refractivity contribution in [1.82, 2.24) is 5.43 Å². The molecule has 1 aromatic carbocycles. The van der Waals surface area contributed by atoms with Gasteiger partial charge in [0.2, 0.25) is 0 Å². The van der Waals surface area contributed by atoms with E-state index >= 15 is 0 Å². The zero-order valence-electron chi connectivity index (χ0n) is 12.6. The molecule has 2 atom stereocenters. The zero-order chi connectivity index (χ0) is 14.5. The van der Waals surface area contributed by atoms with E-state index in [2.05, 4.69) is 35.8 Å². The number of hydrogen-bond donors (Lipinski definition) is 2. The van der Waals surface area contributed by atoms with Crippen molar-refractivity contribution >= 4 is 0 Å². The summed E-state index contributed by atoms with van der Waals surface area (Å²) in [6, 6.07) is 11.0. The zero-order valence-corrected chi connectivity index (χ0v) is 12.6. The molecule has 21 heavy (non-hydrogen) atoms. The van der Waals surface area contributed by atoms with Gasteiger partial charge < -0.3 is 9.47 Å². The molecule has 116 valence electrons. The highest BCUT2D eigenvalue weighted by Gasteiger charge is 2.45. The van der Waals surface area contributed by atoms with E-state index in [1.54, 1.807) is 0 Å². The van der Waals surface area contributed by atoms with Crippen molar-refractivity contribution in [3.8, 4) is 0 Å². The van der Waals surface area contributed by atoms with Gasteiger partial charge in [0.25, 0.3) is 0 Å². The van der Waals surface area contributed by atoms with Crippen molar-refractivity contribution in [2.75, 3.05) is 26.4 Å². The van der Waals surface area contributed by atoms with Crippen molar-refractivity contribution < 1.29 is 9.47 Å². The topological polar surface area (TPSA) is 56.5 Å². The van der Waals surface area contributed by atoms with E-state index in [1.165, 1.54) is 12.0 Å². The first-order valence-corrected chi connectivity index (χ1v) is 8.04. The van der Waals surface area contributed by atoms with Crippen LogP contribution in [0.3, 0.4) is 0 Å². The molecule has 2 fully saturated rings. The number of hydrogen-bond acceptors (Lipinski definition) is 4. The van der Waals surface area contributed by atoms with Crippen molar-refractivity contribution in [3.05, 3.63) is 35.9 Å². The Bertz CT molecular complexity index is 426. The third kappa shape index (κ3) is 2.99. The van der Waals surface area contributed by atoms with Gasteiger partial charge in [-0.3, -0.25) is 11.3 Å². The molecule has 0 aromatic heterocycles. The van der Waals surface area contributed by atoms with Gasteiger partial charge in [-0.1, -0.05) is 30.3 Å². The molecule has 0 aliphatic carbocycles. The average Bonchev–Trinajstić information content (AvgIpc) is 2.58. The van der Waals surface area contributed by atoms with Gasteiger partial charge in [0, 0.05) is 31.3 Å². The molecular weight excluding hydrogens is 264 g/mol. The third-order valence-corrected chi connectivity index (χ3v) is 5.18. The van der Waals surface area contributed by atoms with E-state index < -0.39 is 0 Å². The Morgan fingerprint density at radius 3 is 2.48 bits per heavy atom. The summed E-state index contributed by atoms with van der Waals surface area (Å²) in [6.07, 6.45) is 4.35. The Morgan fingerprint density at radius 2 is 1.86 bits per heavy atom. The van der Waals surface area contributed by atoms with Crippen LogP contribution in [0, 0.1) is 5.92 Å². The largest absolute Gasteiger partial charge is 0.381 e. The van der Waals surface area contributed by atoms with Crippen LogP contribution in [0.15, 0.2) is 30.3 Å². The second-order valence-corrected chi connectivity index (χ2v) is 6.26. The van der Waals surface area contributed by atoms with E-state index in [1.807, 2.05) is 0 Å². The van der Waals surface area contributed by atoms with Gasteiger partial charge in [-0.15, -0.1) is 0 Å². The lowest BCUT2D eigenvalue weighted by atomic mass is 9.64. The summed E-state index contributed by atoms with van der Waals surface area (Å²) in [5, 5.41) is 0. The van der Waals surface area contributed by atoms with Gasteiger partial charge in [-0.25, -0.2) is 0 Å². The number of benzene rings is 1. The van der Waals surface area contributed by atoms with Crippen LogP contribution in [0.2, 0.25) is 0 Å². The molecule has 2 heterocycles. The Morgan fingerprint density at radius 1 is 1.10 bits per heavy atom. The lowest BCUT2D eigenvalue weighted by Gasteiger charge is -2.47. The van der Waals surface area contributed by atoms with Crippen LogP contribution in [0.4, 0.5) is 0 Å². The fourth-order valence-electron chi connectivity index (χ4n) is 4.06. The summed E-state index contributed by atoms with van der Waals surface area (Å²) in [7, 11) is 0. The maximum atomic E-state index is 6.01. The lowest BCUT2D eigenvalue weighted by molar-refractivity contribution is -0.0125. The predicted octanol–water partition coefficient (Wildman–Crippen LogP) is 1.99. The molecule has 0 bridgehead atoms. The normalized spacial score (nSPS) is 27.2. The molecule has 3 N–H and O–H groups in total. The van der Waals surface area contributed by atoms with Gasteiger partial charge in [0.05, 0.1) is 6.61 Å². The Hall–Kier alpha value is -0.940. The standard InChI is InChI=1S/C17H26N2O2/c18-19-16(14-5-4-10-21-13-14)17(8-11-20-12-9-17)15-6-2-1-3-7-15/h1-3,6-7,14,16,19H,4-5,8-13,18H2. The van der Waals surface area contributed by atoms with Crippen LogP contribution in [-0.2, 0) is 14.9 Å². The van der Waals surface area contributed by atoms with Crippen LogP contribution >= 0.6 is 0 Å². The van der Waals surface area contributed by atoms with Crippen molar-refractivity contribution in [1.29, 1.82) is 0 Å². The SMILES string of the molecule is NNC(C1CCCOC1)C1(c2ccccc2)CCOCC1. The summed E-state index contributed by atoms with van der Waals surface area (Å²) < 4.78 is 11.3. The molecule has 2 aliphatic rings. The molecule has 2 aliphatic heterocycles. The first kappa shape index (κ1) is 15.0. The van der Waals surface area contributed by atoms with Crippen molar-refractivity contribution in [3.63, 3.8) is 0 Å².